The number of Topliss-reactive ketones (excluding diaryl/α,β-unsaturated/α-hetero) is 1. The lowest BCUT2D eigenvalue weighted by Crippen LogP contribution is -2.11. The van der Waals surface area contributed by atoms with Crippen LogP contribution in [0.4, 0.5) is 0 Å². The van der Waals surface area contributed by atoms with Crippen molar-refractivity contribution in [3.8, 4) is 0 Å². The standard InChI is InChI=1S/C17H14N3O/c1-13-5-4-8-15(9-13)17(21)16(20-12-18-11-19-20)10-14-6-2-3-7-14/h2-12H,1H3/b16-10-. The molecule has 0 N–H and O–H groups in total. The normalized spacial score (nSPS) is 16.3. The Balaban J connectivity index is 1.97. The summed E-state index contributed by atoms with van der Waals surface area (Å²) in [5.74, 6) is 0.881. The first-order valence-electron chi connectivity index (χ1n) is 6.64. The first-order valence-corrected chi connectivity index (χ1v) is 6.64. The molecule has 1 aromatic carbocycles. The Bertz CT molecular complexity index is 652. The number of carbonyl (C=O) groups excluding carboxylic acids is 1. The molecule has 1 aliphatic rings. The molecule has 1 fully saturated rings. The third-order valence-corrected chi connectivity index (χ3v) is 3.17. The molecule has 4 nitrogen and oxygen atoms in total. The fourth-order valence-electron chi connectivity index (χ4n) is 2.15. The van der Waals surface area contributed by atoms with Gasteiger partial charge in [0, 0.05) is 11.5 Å². The van der Waals surface area contributed by atoms with Gasteiger partial charge in [-0.3, -0.25) is 4.79 Å². The molecule has 0 aliphatic heterocycles. The van der Waals surface area contributed by atoms with Crippen molar-refractivity contribution in [2.75, 3.05) is 0 Å². The summed E-state index contributed by atoms with van der Waals surface area (Å²) in [6.07, 6.45) is 12.5. The Hall–Kier alpha value is -2.23. The van der Waals surface area contributed by atoms with Crippen LogP contribution in [0.15, 0.2) is 43.0 Å². The lowest BCUT2D eigenvalue weighted by atomic mass is 10.0. The lowest BCUT2D eigenvalue weighted by molar-refractivity contribution is 0.105. The Morgan fingerprint density at radius 2 is 2.05 bits per heavy atom. The molecule has 1 aliphatic carbocycles. The predicted octanol–water partition coefficient (Wildman–Crippen LogP) is 2.72. The first-order chi connectivity index (χ1) is 10.2. The number of aryl methyl sites for hydroxylation is 1. The fourth-order valence-corrected chi connectivity index (χ4v) is 2.15. The molecule has 103 valence electrons. The number of ketones is 1. The van der Waals surface area contributed by atoms with Crippen molar-refractivity contribution in [1.29, 1.82) is 0 Å². The van der Waals surface area contributed by atoms with Gasteiger partial charge in [0.2, 0.25) is 5.78 Å². The summed E-state index contributed by atoms with van der Waals surface area (Å²) in [5, 5.41) is 4.08. The maximum absolute atomic E-state index is 12.8. The average molecular weight is 276 g/mol. The summed E-state index contributed by atoms with van der Waals surface area (Å²) in [7, 11) is 0. The zero-order valence-electron chi connectivity index (χ0n) is 11.6. The number of carbonyl (C=O) groups is 1. The van der Waals surface area contributed by atoms with E-state index >= 15 is 0 Å². The molecule has 1 heterocycles. The van der Waals surface area contributed by atoms with Crippen molar-refractivity contribution in [2.24, 2.45) is 0 Å². The largest absolute Gasteiger partial charge is 0.287 e. The van der Waals surface area contributed by atoms with Gasteiger partial charge in [0.1, 0.15) is 18.4 Å². The third kappa shape index (κ3) is 3.10. The zero-order valence-corrected chi connectivity index (χ0v) is 11.6. The second kappa shape index (κ2) is 6.04. The SMILES string of the molecule is Cc1cccc(C(=O)/C(=C/[C]2[CH][CH][CH][CH]2)n2cncn2)c1. The minimum Gasteiger partial charge on any atom is -0.287 e. The number of hydrogen-bond donors (Lipinski definition) is 0. The van der Waals surface area contributed by atoms with E-state index in [1.807, 2.05) is 62.9 Å². The van der Waals surface area contributed by atoms with Crippen LogP contribution in [-0.4, -0.2) is 20.5 Å². The number of rotatable bonds is 4. The maximum atomic E-state index is 12.8. The molecule has 0 amide bonds. The van der Waals surface area contributed by atoms with Crippen molar-refractivity contribution < 1.29 is 4.79 Å². The van der Waals surface area contributed by atoms with Crippen LogP contribution < -0.4 is 0 Å². The highest BCUT2D eigenvalue weighted by Gasteiger charge is 2.21. The van der Waals surface area contributed by atoms with E-state index in [1.54, 1.807) is 0 Å². The quantitative estimate of drug-likeness (QED) is 0.637. The van der Waals surface area contributed by atoms with Gasteiger partial charge in [-0.2, -0.15) is 5.10 Å². The van der Waals surface area contributed by atoms with Gasteiger partial charge in [-0.15, -0.1) is 0 Å². The molecule has 1 aromatic heterocycles. The topological polar surface area (TPSA) is 47.8 Å². The van der Waals surface area contributed by atoms with E-state index < -0.39 is 0 Å². The number of nitrogens with zero attached hydrogens (tertiary/aromatic N) is 3. The van der Waals surface area contributed by atoms with E-state index in [2.05, 4.69) is 10.1 Å². The number of benzene rings is 1. The monoisotopic (exact) mass is 276 g/mol. The molecule has 5 radical (unpaired) electrons. The summed E-state index contributed by atoms with van der Waals surface area (Å²) in [6, 6.07) is 7.53. The summed E-state index contributed by atoms with van der Waals surface area (Å²) < 4.78 is 1.50. The Kier molecular flexibility index (Phi) is 3.95. The van der Waals surface area contributed by atoms with E-state index in [1.165, 1.54) is 17.3 Å². The molecule has 0 spiro atoms. The van der Waals surface area contributed by atoms with E-state index in [0.717, 1.165) is 11.5 Å². The molecule has 0 bridgehead atoms. The Morgan fingerprint density at radius 3 is 2.71 bits per heavy atom. The number of aromatic nitrogens is 3. The van der Waals surface area contributed by atoms with Gasteiger partial charge in [0.05, 0.1) is 0 Å². The molecule has 2 aromatic rings. The summed E-state index contributed by atoms with van der Waals surface area (Å²) in [5.41, 5.74) is 2.17. The van der Waals surface area contributed by atoms with Crippen LogP contribution in [0.25, 0.3) is 5.70 Å². The van der Waals surface area contributed by atoms with Crippen LogP contribution in [0.2, 0.25) is 0 Å². The van der Waals surface area contributed by atoms with Crippen LogP contribution in [0.3, 0.4) is 0 Å². The fraction of sp³-hybridized carbons (Fsp3) is 0.0588. The van der Waals surface area contributed by atoms with Crippen molar-refractivity contribution in [3.63, 3.8) is 0 Å². The number of allylic oxidation sites excluding steroid dienone is 2. The van der Waals surface area contributed by atoms with E-state index in [9.17, 15) is 4.79 Å². The third-order valence-electron chi connectivity index (χ3n) is 3.17. The molecule has 0 saturated heterocycles. The molecule has 0 unspecified atom stereocenters. The smallest absolute Gasteiger partial charge is 0.211 e. The minimum atomic E-state index is -0.0783. The van der Waals surface area contributed by atoms with Gasteiger partial charge in [-0.1, -0.05) is 23.8 Å². The van der Waals surface area contributed by atoms with Crippen LogP contribution in [0, 0.1) is 38.5 Å². The molecular weight excluding hydrogens is 262 g/mol. The molecule has 0 atom stereocenters. The van der Waals surface area contributed by atoms with Gasteiger partial charge in [-0.05, 0) is 44.7 Å². The lowest BCUT2D eigenvalue weighted by Gasteiger charge is -2.09. The highest BCUT2D eigenvalue weighted by molar-refractivity contribution is 6.24. The van der Waals surface area contributed by atoms with E-state index in [-0.39, 0.29) is 5.78 Å². The van der Waals surface area contributed by atoms with Crippen LogP contribution in [0.5, 0.6) is 0 Å². The highest BCUT2D eigenvalue weighted by Crippen LogP contribution is 2.27. The summed E-state index contributed by atoms with van der Waals surface area (Å²) in [4.78, 5) is 16.7. The van der Waals surface area contributed by atoms with Crippen LogP contribution in [-0.2, 0) is 0 Å². The Morgan fingerprint density at radius 1 is 1.24 bits per heavy atom. The second-order valence-electron chi connectivity index (χ2n) is 4.79. The molecule has 3 rings (SSSR count). The minimum absolute atomic E-state index is 0.0783. The Labute approximate surface area is 124 Å². The van der Waals surface area contributed by atoms with Gasteiger partial charge in [0.25, 0.3) is 0 Å². The molecule has 1 saturated carbocycles. The van der Waals surface area contributed by atoms with Crippen molar-refractivity contribution >= 4 is 11.5 Å². The number of hydrogen-bond acceptors (Lipinski definition) is 3. The van der Waals surface area contributed by atoms with Crippen molar-refractivity contribution in [1.82, 2.24) is 14.8 Å². The first kappa shape index (κ1) is 13.7. The summed E-state index contributed by atoms with van der Waals surface area (Å²) in [6.45, 7) is 1.97. The van der Waals surface area contributed by atoms with Crippen molar-refractivity contribution in [3.05, 3.63) is 85.7 Å². The summed E-state index contributed by atoms with van der Waals surface area (Å²) >= 11 is 0. The van der Waals surface area contributed by atoms with Gasteiger partial charge < -0.3 is 0 Å². The van der Waals surface area contributed by atoms with E-state index in [4.69, 9.17) is 0 Å². The van der Waals surface area contributed by atoms with Gasteiger partial charge in [-0.25, -0.2) is 9.67 Å². The van der Waals surface area contributed by atoms with Crippen molar-refractivity contribution in [2.45, 2.75) is 6.92 Å². The van der Waals surface area contributed by atoms with Crippen LogP contribution in [0.1, 0.15) is 15.9 Å². The highest BCUT2D eigenvalue weighted by atomic mass is 16.1. The zero-order chi connectivity index (χ0) is 14.7. The predicted molar refractivity (Wildman–Crippen MR) is 80.2 cm³/mol. The second-order valence-corrected chi connectivity index (χ2v) is 4.79. The molecular formula is C17H14N3O. The molecule has 21 heavy (non-hydrogen) atoms. The molecule has 4 heteroatoms. The average Bonchev–Trinajstić information content (AvgIpc) is 3.17. The van der Waals surface area contributed by atoms with Gasteiger partial charge >= 0.3 is 0 Å². The van der Waals surface area contributed by atoms with E-state index in [0.29, 0.717) is 11.3 Å². The van der Waals surface area contributed by atoms with Gasteiger partial charge in [0.15, 0.2) is 0 Å². The maximum Gasteiger partial charge on any atom is 0.211 e. The van der Waals surface area contributed by atoms with Crippen LogP contribution >= 0.6 is 0 Å².